The molecule has 0 aliphatic rings. The zero-order valence-electron chi connectivity index (χ0n) is 16.0. The lowest BCUT2D eigenvalue weighted by Gasteiger charge is -2.09. The molecule has 0 saturated carbocycles. The highest BCUT2D eigenvalue weighted by Gasteiger charge is 2.19. The summed E-state index contributed by atoms with van der Waals surface area (Å²) in [5.41, 5.74) is 6.76. The van der Waals surface area contributed by atoms with Gasteiger partial charge in [-0.3, -0.25) is 23.9 Å². The first-order valence-electron chi connectivity index (χ1n) is 8.82. The molecule has 0 saturated heterocycles. The quantitative estimate of drug-likeness (QED) is 0.232. The van der Waals surface area contributed by atoms with Gasteiger partial charge < -0.3 is 10.5 Å². The number of nitro benzene ring substituents is 1. The second-order valence-corrected chi connectivity index (χ2v) is 6.74. The number of nitro groups is 1. The number of aromatic nitrogens is 4. The highest BCUT2D eigenvalue weighted by atomic mass is 16.6. The molecule has 0 fully saturated rings. The first kappa shape index (κ1) is 19.1. The number of aryl methyl sites for hydroxylation is 2. The van der Waals surface area contributed by atoms with E-state index in [1.165, 1.54) is 16.7 Å². The van der Waals surface area contributed by atoms with E-state index in [1.807, 2.05) is 13.0 Å². The van der Waals surface area contributed by atoms with Crippen molar-refractivity contribution >= 4 is 34.0 Å². The molecule has 30 heavy (non-hydrogen) atoms. The molecule has 0 radical (unpaired) electrons. The average molecular weight is 408 g/mol. The smallest absolute Gasteiger partial charge is 0.340 e. The van der Waals surface area contributed by atoms with Crippen molar-refractivity contribution in [1.82, 2.24) is 19.2 Å². The predicted octanol–water partition coefficient (Wildman–Crippen LogP) is 1.74. The molecular formula is C19H16N6O5. The van der Waals surface area contributed by atoms with E-state index in [9.17, 15) is 19.7 Å². The largest absolute Gasteiger partial charge is 0.454 e. The summed E-state index contributed by atoms with van der Waals surface area (Å²) in [6.07, 6.45) is 0. The zero-order valence-corrected chi connectivity index (χ0v) is 16.0. The summed E-state index contributed by atoms with van der Waals surface area (Å²) in [5.74, 6) is -0.148. The topological polar surface area (TPSA) is 148 Å². The summed E-state index contributed by atoms with van der Waals surface area (Å²) in [7, 11) is 1.58. The van der Waals surface area contributed by atoms with Gasteiger partial charge in [0.25, 0.3) is 11.2 Å². The lowest BCUT2D eigenvalue weighted by Crippen LogP contribution is -2.20. The van der Waals surface area contributed by atoms with Gasteiger partial charge in [0.1, 0.15) is 0 Å². The van der Waals surface area contributed by atoms with Crippen LogP contribution in [-0.2, 0) is 18.4 Å². The van der Waals surface area contributed by atoms with Gasteiger partial charge in [-0.2, -0.15) is 0 Å². The lowest BCUT2D eigenvalue weighted by atomic mass is 10.1. The van der Waals surface area contributed by atoms with Crippen molar-refractivity contribution < 1.29 is 14.5 Å². The Morgan fingerprint density at radius 1 is 1.23 bits per heavy atom. The Morgan fingerprint density at radius 3 is 2.70 bits per heavy atom. The van der Waals surface area contributed by atoms with Gasteiger partial charge in [0.05, 0.1) is 27.1 Å². The zero-order chi connectivity index (χ0) is 21.6. The minimum Gasteiger partial charge on any atom is -0.454 e. The molecular weight excluding hydrogens is 392 g/mol. The number of ether oxygens (including phenoxy) is 1. The van der Waals surface area contributed by atoms with Gasteiger partial charge >= 0.3 is 5.97 Å². The molecule has 0 bridgehead atoms. The number of hydrogen-bond donors (Lipinski definition) is 1. The van der Waals surface area contributed by atoms with Gasteiger partial charge in [0, 0.05) is 19.2 Å². The minimum absolute atomic E-state index is 0.00213. The van der Waals surface area contributed by atoms with Crippen molar-refractivity contribution in [3.8, 4) is 0 Å². The highest BCUT2D eigenvalue weighted by Crippen LogP contribution is 2.21. The Bertz CT molecular complexity index is 1400. The number of benzene rings is 2. The van der Waals surface area contributed by atoms with Crippen LogP contribution < -0.4 is 11.3 Å². The van der Waals surface area contributed by atoms with Gasteiger partial charge in [-0.25, -0.2) is 4.79 Å². The monoisotopic (exact) mass is 408 g/mol. The van der Waals surface area contributed by atoms with Crippen LogP contribution >= 0.6 is 0 Å². The van der Waals surface area contributed by atoms with E-state index in [1.54, 1.807) is 23.6 Å². The molecule has 4 rings (SSSR count). The summed E-state index contributed by atoms with van der Waals surface area (Å²) < 4.78 is 8.32. The van der Waals surface area contributed by atoms with E-state index < -0.39 is 10.9 Å². The number of fused-ring (bicyclic) bond motifs is 3. The summed E-state index contributed by atoms with van der Waals surface area (Å²) in [4.78, 5) is 35.2. The van der Waals surface area contributed by atoms with Crippen LogP contribution in [0.1, 0.15) is 21.7 Å². The highest BCUT2D eigenvalue weighted by molar-refractivity contribution is 5.95. The maximum Gasteiger partial charge on any atom is 0.340 e. The molecule has 2 aromatic heterocycles. The van der Waals surface area contributed by atoms with E-state index in [0.717, 1.165) is 11.6 Å². The van der Waals surface area contributed by atoms with Crippen LogP contribution in [0.2, 0.25) is 0 Å². The van der Waals surface area contributed by atoms with Crippen LogP contribution in [-0.4, -0.2) is 30.1 Å². The van der Waals surface area contributed by atoms with E-state index in [0.29, 0.717) is 22.5 Å². The Hall–Kier alpha value is -4.28. The van der Waals surface area contributed by atoms with Crippen LogP contribution in [0.15, 0.2) is 41.2 Å². The molecule has 2 aromatic carbocycles. The third kappa shape index (κ3) is 3.02. The lowest BCUT2D eigenvalue weighted by molar-refractivity contribution is -0.384. The number of nitrogen functional groups attached to an aromatic ring is 1. The van der Waals surface area contributed by atoms with Crippen LogP contribution in [0.25, 0.3) is 16.7 Å². The number of esters is 1. The molecule has 0 spiro atoms. The SMILES string of the molecule is Cc1ccc2c(c1)c(=O)n(C)c1nnc(COC(=O)c3ccc([N+](=O)[O-])cc3N)n21. The number of carbonyl (C=O) groups excluding carboxylic acids is 1. The Morgan fingerprint density at radius 2 is 2.00 bits per heavy atom. The molecule has 0 aliphatic carbocycles. The molecule has 0 amide bonds. The summed E-state index contributed by atoms with van der Waals surface area (Å²) in [6.45, 7) is 1.64. The standard InChI is InChI=1S/C19H16N6O5/c1-10-3-6-15-13(7-10)17(26)23(2)19-22-21-16(24(15)19)9-30-18(27)12-5-4-11(25(28)29)8-14(12)20/h3-8H,9,20H2,1-2H3. The van der Waals surface area contributed by atoms with Crippen molar-refractivity contribution in [3.63, 3.8) is 0 Å². The van der Waals surface area contributed by atoms with E-state index >= 15 is 0 Å². The number of hydrogen-bond acceptors (Lipinski definition) is 8. The van der Waals surface area contributed by atoms with Crippen molar-refractivity contribution in [2.75, 3.05) is 5.73 Å². The summed E-state index contributed by atoms with van der Waals surface area (Å²) in [5, 5.41) is 19.4. The third-order valence-corrected chi connectivity index (χ3v) is 4.74. The first-order valence-corrected chi connectivity index (χ1v) is 8.82. The summed E-state index contributed by atoms with van der Waals surface area (Å²) >= 11 is 0. The molecule has 11 heteroatoms. The number of non-ortho nitro benzene ring substituents is 1. The van der Waals surface area contributed by atoms with Crippen LogP contribution in [0.3, 0.4) is 0 Å². The number of nitrogens with zero attached hydrogens (tertiary/aromatic N) is 5. The maximum absolute atomic E-state index is 12.6. The second kappa shape index (κ2) is 6.95. The molecule has 2 N–H and O–H groups in total. The first-order chi connectivity index (χ1) is 14.3. The molecule has 0 unspecified atom stereocenters. The normalized spacial score (nSPS) is 11.1. The van der Waals surface area contributed by atoms with Gasteiger partial charge in [0.2, 0.25) is 5.78 Å². The Labute approximate surface area is 168 Å². The molecule has 0 aliphatic heterocycles. The van der Waals surface area contributed by atoms with Crippen LogP contribution in [0.4, 0.5) is 11.4 Å². The Balaban J connectivity index is 1.70. The molecule has 2 heterocycles. The minimum atomic E-state index is -0.760. The predicted molar refractivity (Wildman–Crippen MR) is 107 cm³/mol. The van der Waals surface area contributed by atoms with Gasteiger partial charge in [-0.05, 0) is 25.1 Å². The molecule has 0 atom stereocenters. The van der Waals surface area contributed by atoms with E-state index in [2.05, 4.69) is 10.2 Å². The fourth-order valence-electron chi connectivity index (χ4n) is 3.21. The van der Waals surface area contributed by atoms with Crippen molar-refractivity contribution in [1.29, 1.82) is 0 Å². The Kier molecular flexibility index (Phi) is 4.42. The fourth-order valence-corrected chi connectivity index (χ4v) is 3.21. The van der Waals surface area contributed by atoms with Crippen molar-refractivity contribution in [3.05, 3.63) is 73.8 Å². The van der Waals surface area contributed by atoms with Gasteiger partial charge in [-0.15, -0.1) is 10.2 Å². The number of carbonyl (C=O) groups is 1. The average Bonchev–Trinajstić information content (AvgIpc) is 3.14. The van der Waals surface area contributed by atoms with Gasteiger partial charge in [0.15, 0.2) is 12.4 Å². The van der Waals surface area contributed by atoms with Crippen molar-refractivity contribution in [2.45, 2.75) is 13.5 Å². The van der Waals surface area contributed by atoms with E-state index in [4.69, 9.17) is 10.5 Å². The number of rotatable bonds is 4. The maximum atomic E-state index is 12.6. The van der Waals surface area contributed by atoms with E-state index in [-0.39, 0.29) is 29.1 Å². The fraction of sp³-hybridized carbons (Fsp3) is 0.158. The summed E-state index contributed by atoms with van der Waals surface area (Å²) in [6, 6.07) is 8.90. The van der Waals surface area contributed by atoms with Crippen molar-refractivity contribution in [2.24, 2.45) is 7.05 Å². The molecule has 152 valence electrons. The van der Waals surface area contributed by atoms with Crippen LogP contribution in [0, 0.1) is 17.0 Å². The van der Waals surface area contributed by atoms with Crippen LogP contribution in [0.5, 0.6) is 0 Å². The van der Waals surface area contributed by atoms with Gasteiger partial charge in [-0.1, -0.05) is 11.6 Å². The molecule has 11 nitrogen and oxygen atoms in total. The molecule has 4 aromatic rings. The second-order valence-electron chi connectivity index (χ2n) is 6.74. The number of nitrogens with two attached hydrogens (primary N) is 1. The third-order valence-electron chi connectivity index (χ3n) is 4.74. The number of anilines is 1.